The molecule has 1 fully saturated rings. The average molecular weight is 376 g/mol. The summed E-state index contributed by atoms with van der Waals surface area (Å²) in [5, 5.41) is 3.37. The Hall–Kier alpha value is -2.32. The Morgan fingerprint density at radius 1 is 1.35 bits per heavy atom. The summed E-state index contributed by atoms with van der Waals surface area (Å²) in [6.07, 6.45) is 2.06. The van der Waals surface area contributed by atoms with E-state index in [0.29, 0.717) is 37.7 Å². The predicted octanol–water partition coefficient (Wildman–Crippen LogP) is 2.26. The Morgan fingerprint density at radius 3 is 2.92 bits per heavy atom. The minimum atomic E-state index is -0.305. The first-order chi connectivity index (χ1) is 12.5. The standard InChI is InChI=1S/C18H21FN4O2S/c1-13-10-20-18(26-13)21-16(24)12-22-6-5-17(25)23(8-7-22)11-14-3-2-4-15(19)9-14/h2-4,9-10H,5-8,11-12H2,1H3,(H,20,21,24). The molecule has 3 rings (SSSR count). The Balaban J connectivity index is 1.53. The molecule has 2 aromatic rings. The second kappa shape index (κ2) is 8.37. The van der Waals surface area contributed by atoms with Crippen molar-refractivity contribution in [3.8, 4) is 0 Å². The van der Waals surface area contributed by atoms with Gasteiger partial charge in [-0.1, -0.05) is 12.1 Å². The largest absolute Gasteiger partial charge is 0.337 e. The molecule has 0 saturated carbocycles. The van der Waals surface area contributed by atoms with Crippen LogP contribution in [0, 0.1) is 12.7 Å². The number of carbonyl (C=O) groups is 2. The highest BCUT2D eigenvalue weighted by molar-refractivity contribution is 7.15. The molecule has 1 aliphatic heterocycles. The monoisotopic (exact) mass is 376 g/mol. The number of aryl methyl sites for hydroxylation is 1. The lowest BCUT2D eigenvalue weighted by Gasteiger charge is -2.22. The smallest absolute Gasteiger partial charge is 0.240 e. The number of nitrogens with zero attached hydrogens (tertiary/aromatic N) is 3. The highest BCUT2D eigenvalue weighted by Crippen LogP contribution is 2.16. The van der Waals surface area contributed by atoms with E-state index in [4.69, 9.17) is 0 Å². The Labute approximate surface area is 155 Å². The molecule has 1 N–H and O–H groups in total. The minimum Gasteiger partial charge on any atom is -0.337 e. The zero-order valence-corrected chi connectivity index (χ0v) is 15.4. The fraction of sp³-hybridized carbons (Fsp3) is 0.389. The number of halogens is 1. The van der Waals surface area contributed by atoms with Gasteiger partial charge in [0, 0.05) is 43.7 Å². The van der Waals surface area contributed by atoms with E-state index in [-0.39, 0.29) is 24.2 Å². The second-order valence-electron chi connectivity index (χ2n) is 6.30. The molecule has 1 aliphatic rings. The molecule has 138 valence electrons. The van der Waals surface area contributed by atoms with Gasteiger partial charge >= 0.3 is 0 Å². The van der Waals surface area contributed by atoms with Crippen molar-refractivity contribution < 1.29 is 14.0 Å². The average Bonchev–Trinajstić information content (AvgIpc) is 2.92. The topological polar surface area (TPSA) is 65.5 Å². The molecule has 0 unspecified atom stereocenters. The highest BCUT2D eigenvalue weighted by atomic mass is 32.1. The van der Waals surface area contributed by atoms with E-state index in [1.165, 1.54) is 23.5 Å². The fourth-order valence-electron chi connectivity index (χ4n) is 2.87. The summed E-state index contributed by atoms with van der Waals surface area (Å²) in [5.74, 6) is -0.418. The van der Waals surface area contributed by atoms with Gasteiger partial charge in [0.25, 0.3) is 0 Å². The fourth-order valence-corrected chi connectivity index (χ4v) is 3.55. The van der Waals surface area contributed by atoms with Crippen LogP contribution in [0.5, 0.6) is 0 Å². The van der Waals surface area contributed by atoms with Crippen molar-refractivity contribution in [3.05, 3.63) is 46.7 Å². The first kappa shape index (κ1) is 18.5. The maximum absolute atomic E-state index is 13.3. The van der Waals surface area contributed by atoms with E-state index in [2.05, 4.69) is 10.3 Å². The molecule has 8 heteroatoms. The molecule has 2 amide bonds. The van der Waals surface area contributed by atoms with E-state index >= 15 is 0 Å². The summed E-state index contributed by atoms with van der Waals surface area (Å²) in [6, 6.07) is 6.28. The van der Waals surface area contributed by atoms with Crippen molar-refractivity contribution in [1.82, 2.24) is 14.8 Å². The van der Waals surface area contributed by atoms with Gasteiger partial charge in [0.05, 0.1) is 6.54 Å². The summed E-state index contributed by atoms with van der Waals surface area (Å²) in [5.41, 5.74) is 0.767. The Bertz CT molecular complexity index is 795. The number of amides is 2. The Morgan fingerprint density at radius 2 is 2.19 bits per heavy atom. The zero-order valence-electron chi connectivity index (χ0n) is 14.6. The molecule has 0 aliphatic carbocycles. The van der Waals surface area contributed by atoms with Crippen molar-refractivity contribution in [2.75, 3.05) is 31.5 Å². The van der Waals surface area contributed by atoms with Gasteiger partial charge in [-0.2, -0.15) is 0 Å². The summed E-state index contributed by atoms with van der Waals surface area (Å²) in [6.45, 7) is 4.18. The van der Waals surface area contributed by atoms with Gasteiger partial charge in [0.15, 0.2) is 5.13 Å². The maximum Gasteiger partial charge on any atom is 0.240 e. The molecule has 26 heavy (non-hydrogen) atoms. The first-order valence-corrected chi connectivity index (χ1v) is 9.28. The SMILES string of the molecule is Cc1cnc(NC(=O)CN2CCC(=O)N(Cc3cccc(F)c3)CC2)s1. The van der Waals surface area contributed by atoms with Crippen LogP contribution in [0.4, 0.5) is 9.52 Å². The van der Waals surface area contributed by atoms with E-state index in [1.807, 2.05) is 17.9 Å². The molecular weight excluding hydrogens is 355 g/mol. The molecule has 1 aromatic carbocycles. The third-order valence-corrected chi connectivity index (χ3v) is 5.01. The van der Waals surface area contributed by atoms with Crippen LogP contribution in [0.15, 0.2) is 30.5 Å². The zero-order chi connectivity index (χ0) is 18.5. The number of thiazole rings is 1. The van der Waals surface area contributed by atoms with Crippen LogP contribution in [0.25, 0.3) is 0 Å². The lowest BCUT2D eigenvalue weighted by Crippen LogP contribution is -2.36. The third-order valence-electron chi connectivity index (χ3n) is 4.18. The van der Waals surface area contributed by atoms with Gasteiger partial charge in [0.1, 0.15) is 5.82 Å². The number of hydrogen-bond donors (Lipinski definition) is 1. The number of benzene rings is 1. The van der Waals surface area contributed by atoms with Gasteiger partial charge in [0.2, 0.25) is 11.8 Å². The summed E-state index contributed by atoms with van der Waals surface area (Å²) >= 11 is 1.43. The molecule has 0 spiro atoms. The van der Waals surface area contributed by atoms with Crippen LogP contribution in [0.2, 0.25) is 0 Å². The number of carbonyl (C=O) groups excluding carboxylic acids is 2. The van der Waals surface area contributed by atoms with Crippen LogP contribution in [-0.2, 0) is 16.1 Å². The van der Waals surface area contributed by atoms with E-state index in [9.17, 15) is 14.0 Å². The third kappa shape index (κ3) is 5.09. The number of anilines is 1. The van der Waals surface area contributed by atoms with E-state index < -0.39 is 0 Å². The van der Waals surface area contributed by atoms with Crippen molar-refractivity contribution in [2.24, 2.45) is 0 Å². The van der Waals surface area contributed by atoms with Crippen LogP contribution in [0.1, 0.15) is 16.9 Å². The van der Waals surface area contributed by atoms with E-state index in [0.717, 1.165) is 10.4 Å². The highest BCUT2D eigenvalue weighted by Gasteiger charge is 2.22. The molecular formula is C18H21FN4O2S. The van der Waals surface area contributed by atoms with Gasteiger partial charge in [-0.15, -0.1) is 11.3 Å². The van der Waals surface area contributed by atoms with Gasteiger partial charge in [-0.25, -0.2) is 9.37 Å². The molecule has 0 bridgehead atoms. The molecule has 0 radical (unpaired) electrons. The van der Waals surface area contributed by atoms with Gasteiger partial charge in [-0.05, 0) is 24.6 Å². The maximum atomic E-state index is 13.3. The molecule has 1 saturated heterocycles. The van der Waals surface area contributed by atoms with Crippen molar-refractivity contribution in [1.29, 1.82) is 0 Å². The molecule has 6 nitrogen and oxygen atoms in total. The summed E-state index contributed by atoms with van der Waals surface area (Å²) < 4.78 is 13.3. The lowest BCUT2D eigenvalue weighted by atomic mass is 10.2. The molecule has 0 atom stereocenters. The normalized spacial score (nSPS) is 15.8. The lowest BCUT2D eigenvalue weighted by molar-refractivity contribution is -0.131. The predicted molar refractivity (Wildman–Crippen MR) is 98.4 cm³/mol. The van der Waals surface area contributed by atoms with Crippen LogP contribution >= 0.6 is 11.3 Å². The molecule has 1 aromatic heterocycles. The van der Waals surface area contributed by atoms with Crippen LogP contribution in [0.3, 0.4) is 0 Å². The van der Waals surface area contributed by atoms with Gasteiger partial charge in [-0.3, -0.25) is 14.5 Å². The summed E-state index contributed by atoms with van der Waals surface area (Å²) in [7, 11) is 0. The quantitative estimate of drug-likeness (QED) is 0.869. The van der Waals surface area contributed by atoms with Crippen LogP contribution in [-0.4, -0.2) is 52.8 Å². The van der Waals surface area contributed by atoms with Gasteiger partial charge < -0.3 is 10.2 Å². The minimum absolute atomic E-state index is 0.0210. The van der Waals surface area contributed by atoms with Crippen molar-refractivity contribution >= 4 is 28.3 Å². The van der Waals surface area contributed by atoms with Crippen LogP contribution < -0.4 is 5.32 Å². The molecule has 2 heterocycles. The number of rotatable bonds is 5. The Kier molecular flexibility index (Phi) is 5.95. The number of nitrogens with one attached hydrogen (secondary N) is 1. The summed E-state index contributed by atoms with van der Waals surface area (Å²) in [4.78, 5) is 33.3. The number of aromatic nitrogens is 1. The van der Waals surface area contributed by atoms with E-state index in [1.54, 1.807) is 17.2 Å². The number of hydrogen-bond acceptors (Lipinski definition) is 5. The van der Waals surface area contributed by atoms with Crippen molar-refractivity contribution in [2.45, 2.75) is 19.9 Å². The second-order valence-corrected chi connectivity index (χ2v) is 7.53. The first-order valence-electron chi connectivity index (χ1n) is 8.46. The van der Waals surface area contributed by atoms with Crippen molar-refractivity contribution in [3.63, 3.8) is 0 Å².